The van der Waals surface area contributed by atoms with E-state index in [0.29, 0.717) is 5.69 Å². The summed E-state index contributed by atoms with van der Waals surface area (Å²) in [6, 6.07) is 3.52. The Balaban J connectivity index is 3.24. The van der Waals surface area contributed by atoms with Gasteiger partial charge in [0.15, 0.2) is 0 Å². The van der Waals surface area contributed by atoms with Crippen LogP contribution in [0.4, 0.5) is 18.9 Å². The molecule has 1 rings (SSSR count). The van der Waals surface area contributed by atoms with Crippen molar-refractivity contribution in [3.63, 3.8) is 0 Å². The Morgan fingerprint density at radius 1 is 1.22 bits per heavy atom. The minimum absolute atomic E-state index is 0.284. The molecule has 0 saturated heterocycles. The molecule has 0 fully saturated rings. The number of anilines is 1. The van der Waals surface area contributed by atoms with Crippen molar-refractivity contribution in [2.24, 2.45) is 5.73 Å². The van der Waals surface area contributed by atoms with Crippen LogP contribution in [0.15, 0.2) is 18.2 Å². The zero-order valence-electron chi connectivity index (χ0n) is 10.4. The number of rotatable bonds is 2. The topological polar surface area (TPSA) is 61.9 Å². The first-order valence-corrected chi connectivity index (χ1v) is 5.34. The summed E-state index contributed by atoms with van der Waals surface area (Å²) < 4.78 is 38.1. The summed E-state index contributed by atoms with van der Waals surface area (Å²) in [6.45, 7) is 5.66. The summed E-state index contributed by atoms with van der Waals surface area (Å²) in [4.78, 5) is 0. The van der Waals surface area contributed by atoms with Crippen molar-refractivity contribution in [1.82, 2.24) is 0 Å². The fourth-order valence-corrected chi connectivity index (χ4v) is 1.53. The number of halogens is 3. The van der Waals surface area contributed by atoms with E-state index in [1.807, 2.05) is 20.8 Å². The Labute approximate surface area is 104 Å². The van der Waals surface area contributed by atoms with Crippen LogP contribution < -0.4 is 11.1 Å². The molecule has 0 amide bonds. The van der Waals surface area contributed by atoms with Gasteiger partial charge in [-0.25, -0.2) is 0 Å². The van der Waals surface area contributed by atoms with Gasteiger partial charge in [0, 0.05) is 16.8 Å². The zero-order chi connectivity index (χ0) is 14.1. The van der Waals surface area contributed by atoms with E-state index in [2.05, 4.69) is 5.32 Å². The van der Waals surface area contributed by atoms with Gasteiger partial charge in [0.05, 0.1) is 5.56 Å². The third kappa shape index (κ3) is 3.65. The standard InChI is InChI=1S/C12H16F3N3/c1-11(2,3)18-7-4-5-9(12(13,14)15)8(6-7)10(16)17/h4-6,18H,1-3H3,(H3,16,17). The van der Waals surface area contributed by atoms with Crippen molar-refractivity contribution in [1.29, 1.82) is 5.41 Å². The van der Waals surface area contributed by atoms with Crippen molar-refractivity contribution in [2.45, 2.75) is 32.5 Å². The maximum absolute atomic E-state index is 12.7. The number of alkyl halides is 3. The summed E-state index contributed by atoms with van der Waals surface area (Å²) >= 11 is 0. The lowest BCUT2D eigenvalue weighted by Crippen LogP contribution is -2.27. The molecule has 0 heterocycles. The lowest BCUT2D eigenvalue weighted by Gasteiger charge is -2.23. The van der Waals surface area contributed by atoms with E-state index in [9.17, 15) is 13.2 Å². The summed E-state index contributed by atoms with van der Waals surface area (Å²) in [5, 5.41) is 10.3. The molecule has 1 aromatic rings. The van der Waals surface area contributed by atoms with Crippen molar-refractivity contribution < 1.29 is 13.2 Å². The molecular formula is C12H16F3N3. The molecule has 0 saturated carbocycles. The van der Waals surface area contributed by atoms with Crippen molar-refractivity contribution in [3.05, 3.63) is 29.3 Å². The van der Waals surface area contributed by atoms with E-state index in [1.165, 1.54) is 12.1 Å². The maximum Gasteiger partial charge on any atom is 0.417 e. The van der Waals surface area contributed by atoms with E-state index in [-0.39, 0.29) is 11.1 Å². The normalized spacial score (nSPS) is 12.3. The Kier molecular flexibility index (Phi) is 3.59. The van der Waals surface area contributed by atoms with Crippen LogP contribution in [-0.4, -0.2) is 11.4 Å². The number of benzene rings is 1. The molecule has 4 N–H and O–H groups in total. The van der Waals surface area contributed by atoms with Crippen molar-refractivity contribution in [3.8, 4) is 0 Å². The molecule has 18 heavy (non-hydrogen) atoms. The lowest BCUT2D eigenvalue weighted by molar-refractivity contribution is -0.137. The predicted octanol–water partition coefficient (Wildman–Crippen LogP) is 3.20. The van der Waals surface area contributed by atoms with Crippen LogP contribution >= 0.6 is 0 Å². The monoisotopic (exact) mass is 259 g/mol. The number of amidine groups is 1. The van der Waals surface area contributed by atoms with Crippen LogP contribution in [0.3, 0.4) is 0 Å². The molecule has 0 bridgehead atoms. The minimum atomic E-state index is -4.51. The first-order chi connectivity index (χ1) is 8.00. The minimum Gasteiger partial charge on any atom is -0.384 e. The summed E-state index contributed by atoms with van der Waals surface area (Å²) in [5.41, 5.74) is 4.21. The Morgan fingerprint density at radius 3 is 2.17 bits per heavy atom. The van der Waals surface area contributed by atoms with Crippen LogP contribution in [0.2, 0.25) is 0 Å². The molecule has 0 aliphatic heterocycles. The van der Waals surface area contributed by atoms with Gasteiger partial charge in [0.1, 0.15) is 5.84 Å². The number of hydrogen-bond donors (Lipinski definition) is 3. The largest absolute Gasteiger partial charge is 0.417 e. The van der Waals surface area contributed by atoms with Crippen LogP contribution in [0.1, 0.15) is 31.9 Å². The molecule has 6 heteroatoms. The second-order valence-corrected chi connectivity index (χ2v) is 5.05. The van der Waals surface area contributed by atoms with Gasteiger partial charge in [-0.3, -0.25) is 5.41 Å². The SMILES string of the molecule is CC(C)(C)Nc1ccc(C(F)(F)F)c(C(=N)N)c1. The third-order valence-electron chi connectivity index (χ3n) is 2.13. The lowest BCUT2D eigenvalue weighted by atomic mass is 10.0. The molecule has 0 atom stereocenters. The van der Waals surface area contributed by atoms with Gasteiger partial charge < -0.3 is 11.1 Å². The van der Waals surface area contributed by atoms with Gasteiger partial charge in [-0.2, -0.15) is 13.2 Å². The first-order valence-electron chi connectivity index (χ1n) is 5.34. The first kappa shape index (κ1) is 14.3. The Hall–Kier alpha value is -1.72. The Morgan fingerprint density at radius 2 is 1.78 bits per heavy atom. The highest BCUT2D eigenvalue weighted by Crippen LogP contribution is 2.33. The molecule has 0 radical (unpaired) electrons. The molecule has 0 spiro atoms. The van der Waals surface area contributed by atoms with Crippen molar-refractivity contribution in [2.75, 3.05) is 5.32 Å². The Bertz CT molecular complexity index is 459. The second kappa shape index (κ2) is 4.51. The molecule has 100 valence electrons. The molecule has 0 unspecified atom stereocenters. The average molecular weight is 259 g/mol. The number of nitrogens with two attached hydrogens (primary N) is 1. The highest BCUT2D eigenvalue weighted by molar-refractivity contribution is 5.97. The van der Waals surface area contributed by atoms with Gasteiger partial charge in [0.25, 0.3) is 0 Å². The van der Waals surface area contributed by atoms with Crippen LogP contribution in [0.5, 0.6) is 0 Å². The summed E-state index contributed by atoms with van der Waals surface area (Å²) in [5.74, 6) is -0.597. The molecule has 0 aliphatic carbocycles. The highest BCUT2D eigenvalue weighted by Gasteiger charge is 2.34. The number of hydrogen-bond acceptors (Lipinski definition) is 2. The summed E-state index contributed by atoms with van der Waals surface area (Å²) in [6.07, 6.45) is -4.51. The van der Waals surface area contributed by atoms with Crippen molar-refractivity contribution >= 4 is 11.5 Å². The van der Waals surface area contributed by atoms with Gasteiger partial charge in [0.2, 0.25) is 0 Å². The molecule has 3 nitrogen and oxygen atoms in total. The van der Waals surface area contributed by atoms with E-state index >= 15 is 0 Å². The zero-order valence-corrected chi connectivity index (χ0v) is 10.4. The van der Waals surface area contributed by atoms with E-state index in [1.54, 1.807) is 0 Å². The molecular weight excluding hydrogens is 243 g/mol. The fourth-order valence-electron chi connectivity index (χ4n) is 1.53. The summed E-state index contributed by atoms with van der Waals surface area (Å²) in [7, 11) is 0. The third-order valence-corrected chi connectivity index (χ3v) is 2.13. The number of nitrogens with one attached hydrogen (secondary N) is 2. The fraction of sp³-hybridized carbons (Fsp3) is 0.417. The smallest absolute Gasteiger partial charge is 0.384 e. The van der Waals surface area contributed by atoms with Gasteiger partial charge in [-0.15, -0.1) is 0 Å². The number of nitrogen functional groups attached to an aromatic ring is 1. The van der Waals surface area contributed by atoms with Crippen LogP contribution in [0.25, 0.3) is 0 Å². The predicted molar refractivity (Wildman–Crippen MR) is 65.8 cm³/mol. The molecule has 0 aromatic heterocycles. The van der Waals surface area contributed by atoms with Crippen LogP contribution in [0, 0.1) is 5.41 Å². The second-order valence-electron chi connectivity index (χ2n) is 5.05. The van der Waals surface area contributed by atoms with Gasteiger partial charge in [-0.05, 0) is 39.0 Å². The van der Waals surface area contributed by atoms with E-state index in [0.717, 1.165) is 6.07 Å². The van der Waals surface area contributed by atoms with Gasteiger partial charge >= 0.3 is 6.18 Å². The highest BCUT2D eigenvalue weighted by atomic mass is 19.4. The van der Waals surface area contributed by atoms with E-state index < -0.39 is 17.6 Å². The average Bonchev–Trinajstić information content (AvgIpc) is 2.12. The maximum atomic E-state index is 12.7. The van der Waals surface area contributed by atoms with Gasteiger partial charge in [-0.1, -0.05) is 0 Å². The quantitative estimate of drug-likeness (QED) is 0.564. The van der Waals surface area contributed by atoms with E-state index in [4.69, 9.17) is 11.1 Å². The van der Waals surface area contributed by atoms with Crippen LogP contribution in [-0.2, 0) is 6.18 Å². The molecule has 1 aromatic carbocycles. The molecule has 0 aliphatic rings.